The molecule has 6 nitrogen and oxygen atoms in total. The van der Waals surface area contributed by atoms with Gasteiger partial charge in [0.25, 0.3) is 0 Å². The highest BCUT2D eigenvalue weighted by molar-refractivity contribution is 7.15. The Morgan fingerprint density at radius 1 is 1.20 bits per heavy atom. The van der Waals surface area contributed by atoms with Crippen LogP contribution in [0.15, 0.2) is 29.3 Å². The van der Waals surface area contributed by atoms with Crippen LogP contribution < -0.4 is 5.32 Å². The second-order valence-corrected chi connectivity index (χ2v) is 9.47. The van der Waals surface area contributed by atoms with E-state index < -0.39 is 6.04 Å². The van der Waals surface area contributed by atoms with Crippen molar-refractivity contribution < 1.29 is 4.79 Å². The quantitative estimate of drug-likeness (QED) is 0.637. The van der Waals surface area contributed by atoms with Gasteiger partial charge in [0.1, 0.15) is 16.9 Å². The maximum Gasteiger partial charge on any atom is 0.222 e. The van der Waals surface area contributed by atoms with Crippen LogP contribution in [0.3, 0.4) is 0 Å². The van der Waals surface area contributed by atoms with E-state index in [1.54, 1.807) is 11.3 Å². The smallest absolute Gasteiger partial charge is 0.222 e. The number of halogens is 1. The van der Waals surface area contributed by atoms with Crippen LogP contribution in [-0.4, -0.2) is 32.4 Å². The average Bonchev–Trinajstić information content (AvgIpc) is 3.14. The Morgan fingerprint density at radius 3 is 2.57 bits per heavy atom. The minimum atomic E-state index is -0.435. The van der Waals surface area contributed by atoms with E-state index in [1.807, 2.05) is 45.0 Å². The summed E-state index contributed by atoms with van der Waals surface area (Å²) >= 11 is 7.83. The van der Waals surface area contributed by atoms with Crippen LogP contribution in [0, 0.1) is 20.8 Å². The highest BCUT2D eigenvalue weighted by Crippen LogP contribution is 2.39. The molecular formula is C22H24ClN5OS. The minimum Gasteiger partial charge on any atom is -0.354 e. The molecule has 0 saturated carbocycles. The van der Waals surface area contributed by atoms with Crippen molar-refractivity contribution >= 4 is 34.6 Å². The first-order chi connectivity index (χ1) is 14.3. The summed E-state index contributed by atoms with van der Waals surface area (Å²) in [5, 5.41) is 13.4. The number of thiophene rings is 1. The lowest BCUT2D eigenvalue weighted by Crippen LogP contribution is -2.31. The molecule has 30 heavy (non-hydrogen) atoms. The number of nitrogens with one attached hydrogen (secondary N) is 1. The number of hydrogen-bond donors (Lipinski definition) is 1. The number of aliphatic imine (C=N–C) groups is 1. The summed E-state index contributed by atoms with van der Waals surface area (Å²) in [6.07, 6.45) is 0.209. The Bertz CT molecular complexity index is 1140. The zero-order valence-electron chi connectivity index (χ0n) is 17.7. The number of carbonyl (C=O) groups excluding carboxylic acids is 1. The standard InChI is InChI=1S/C22H24ClN5OS/c1-11(2)24-18(29)10-17-21-27-26-14(5)28(21)22-19(12(3)13(4)30-22)20(25-17)15-6-8-16(23)9-7-15/h6-9,11,17H,10H2,1-5H3,(H,24,29)/t17-/m0/s1. The molecule has 3 aromatic rings. The van der Waals surface area contributed by atoms with Gasteiger partial charge in [-0.15, -0.1) is 21.5 Å². The molecule has 0 spiro atoms. The van der Waals surface area contributed by atoms with Crippen LogP contribution in [0.1, 0.15) is 59.5 Å². The predicted octanol–water partition coefficient (Wildman–Crippen LogP) is 4.71. The third-order valence-electron chi connectivity index (χ3n) is 5.19. The van der Waals surface area contributed by atoms with E-state index >= 15 is 0 Å². The molecule has 4 rings (SSSR count). The van der Waals surface area contributed by atoms with Crippen molar-refractivity contribution in [3.05, 3.63) is 62.5 Å². The van der Waals surface area contributed by atoms with Crippen molar-refractivity contribution in [3.8, 4) is 5.00 Å². The number of amides is 1. The molecule has 0 saturated heterocycles. The van der Waals surface area contributed by atoms with Crippen molar-refractivity contribution in [2.24, 2.45) is 4.99 Å². The summed E-state index contributed by atoms with van der Waals surface area (Å²) in [5.41, 5.74) is 4.06. The molecule has 0 bridgehead atoms. The number of rotatable bonds is 4. The van der Waals surface area contributed by atoms with Gasteiger partial charge in [-0.1, -0.05) is 23.7 Å². The number of aryl methyl sites for hydroxylation is 2. The van der Waals surface area contributed by atoms with Crippen LogP contribution in [0.2, 0.25) is 5.02 Å². The zero-order valence-corrected chi connectivity index (χ0v) is 19.2. The second kappa shape index (κ2) is 7.96. The van der Waals surface area contributed by atoms with Crippen molar-refractivity contribution in [1.29, 1.82) is 0 Å². The van der Waals surface area contributed by atoms with Gasteiger partial charge in [0, 0.05) is 27.1 Å². The molecule has 1 aromatic carbocycles. The van der Waals surface area contributed by atoms with Gasteiger partial charge in [-0.25, -0.2) is 0 Å². The second-order valence-electron chi connectivity index (χ2n) is 7.83. The molecular weight excluding hydrogens is 418 g/mol. The molecule has 3 heterocycles. The van der Waals surface area contributed by atoms with Gasteiger partial charge in [-0.2, -0.15) is 0 Å². The van der Waals surface area contributed by atoms with E-state index in [1.165, 1.54) is 10.4 Å². The zero-order chi connectivity index (χ0) is 21.6. The van der Waals surface area contributed by atoms with Gasteiger partial charge in [0.2, 0.25) is 5.91 Å². The Kier molecular flexibility index (Phi) is 5.51. The van der Waals surface area contributed by atoms with Gasteiger partial charge in [-0.05, 0) is 52.3 Å². The maximum absolute atomic E-state index is 12.6. The lowest BCUT2D eigenvalue weighted by atomic mass is 9.99. The first-order valence-electron chi connectivity index (χ1n) is 9.92. The number of fused-ring (bicyclic) bond motifs is 3. The van der Waals surface area contributed by atoms with Gasteiger partial charge in [0.15, 0.2) is 5.82 Å². The summed E-state index contributed by atoms with van der Waals surface area (Å²) in [7, 11) is 0. The first kappa shape index (κ1) is 20.8. The number of nitrogens with zero attached hydrogens (tertiary/aromatic N) is 4. The summed E-state index contributed by atoms with van der Waals surface area (Å²) in [5.74, 6) is 1.42. The Hall–Kier alpha value is -2.51. The van der Waals surface area contributed by atoms with E-state index in [0.29, 0.717) is 10.8 Å². The minimum absolute atomic E-state index is 0.0560. The Morgan fingerprint density at radius 2 is 1.90 bits per heavy atom. The number of aromatic nitrogens is 3. The molecule has 1 atom stereocenters. The van der Waals surface area contributed by atoms with E-state index in [-0.39, 0.29) is 18.4 Å². The molecule has 156 valence electrons. The topological polar surface area (TPSA) is 72.2 Å². The van der Waals surface area contributed by atoms with E-state index in [4.69, 9.17) is 16.6 Å². The SMILES string of the molecule is Cc1sc2c(c1C)C(c1ccc(Cl)cc1)=N[C@@H](CC(=O)NC(C)C)c1nnc(C)n1-2. The summed E-state index contributed by atoms with van der Waals surface area (Å²) in [6.45, 7) is 10.1. The fraction of sp³-hybridized carbons (Fsp3) is 0.364. The lowest BCUT2D eigenvalue weighted by Gasteiger charge is -2.14. The number of hydrogen-bond acceptors (Lipinski definition) is 5. The fourth-order valence-corrected chi connectivity index (χ4v) is 5.03. The maximum atomic E-state index is 12.6. The van der Waals surface area contributed by atoms with E-state index in [0.717, 1.165) is 27.7 Å². The van der Waals surface area contributed by atoms with Crippen molar-refractivity contribution in [1.82, 2.24) is 20.1 Å². The summed E-state index contributed by atoms with van der Waals surface area (Å²) < 4.78 is 2.06. The molecule has 0 aliphatic carbocycles. The number of benzene rings is 1. The van der Waals surface area contributed by atoms with E-state index in [2.05, 4.69) is 33.9 Å². The fourth-order valence-electron chi connectivity index (χ4n) is 3.69. The van der Waals surface area contributed by atoms with Crippen LogP contribution in [0.5, 0.6) is 0 Å². The Balaban J connectivity index is 1.93. The molecule has 1 amide bonds. The number of carbonyl (C=O) groups is 1. The molecule has 0 unspecified atom stereocenters. The van der Waals surface area contributed by atoms with Gasteiger partial charge in [-0.3, -0.25) is 14.4 Å². The van der Waals surface area contributed by atoms with Gasteiger partial charge in [0.05, 0.1) is 12.1 Å². The van der Waals surface area contributed by atoms with Crippen LogP contribution >= 0.6 is 22.9 Å². The van der Waals surface area contributed by atoms with Crippen LogP contribution in [0.4, 0.5) is 0 Å². The highest BCUT2D eigenvalue weighted by atomic mass is 35.5. The third kappa shape index (κ3) is 3.68. The Labute approximate surface area is 185 Å². The highest BCUT2D eigenvalue weighted by Gasteiger charge is 2.32. The van der Waals surface area contributed by atoms with Gasteiger partial charge < -0.3 is 5.32 Å². The molecule has 8 heteroatoms. The van der Waals surface area contributed by atoms with Gasteiger partial charge >= 0.3 is 0 Å². The van der Waals surface area contributed by atoms with Crippen LogP contribution in [0.25, 0.3) is 5.00 Å². The first-order valence-corrected chi connectivity index (χ1v) is 11.1. The molecule has 1 aliphatic heterocycles. The molecule has 1 N–H and O–H groups in total. The van der Waals surface area contributed by atoms with Crippen molar-refractivity contribution in [2.45, 2.75) is 53.1 Å². The average molecular weight is 442 g/mol. The van der Waals surface area contributed by atoms with Crippen molar-refractivity contribution in [3.63, 3.8) is 0 Å². The summed E-state index contributed by atoms with van der Waals surface area (Å²) in [4.78, 5) is 18.9. The molecule has 0 radical (unpaired) electrons. The largest absolute Gasteiger partial charge is 0.354 e. The monoisotopic (exact) mass is 441 g/mol. The molecule has 0 fully saturated rings. The van der Waals surface area contributed by atoms with Crippen LogP contribution in [-0.2, 0) is 4.79 Å². The third-order valence-corrected chi connectivity index (χ3v) is 6.63. The summed E-state index contributed by atoms with van der Waals surface area (Å²) in [6, 6.07) is 7.31. The van der Waals surface area contributed by atoms with E-state index in [9.17, 15) is 4.79 Å². The predicted molar refractivity (Wildman–Crippen MR) is 121 cm³/mol. The molecule has 1 aliphatic rings. The lowest BCUT2D eigenvalue weighted by molar-refractivity contribution is -0.121. The molecule has 2 aromatic heterocycles. The van der Waals surface area contributed by atoms with Crippen molar-refractivity contribution in [2.75, 3.05) is 0 Å². The normalized spacial score (nSPS) is 15.4.